The quantitative estimate of drug-likeness (QED) is 0.722. The summed E-state index contributed by atoms with van der Waals surface area (Å²) in [6.45, 7) is 4.83. The lowest BCUT2D eigenvalue weighted by Crippen LogP contribution is -2.44. The molecule has 2 amide bonds. The lowest BCUT2D eigenvalue weighted by molar-refractivity contribution is 0.0594. The van der Waals surface area contributed by atoms with Crippen LogP contribution in [0.5, 0.6) is 0 Å². The van der Waals surface area contributed by atoms with Crippen LogP contribution in [-0.4, -0.2) is 38.7 Å². The van der Waals surface area contributed by atoms with Gasteiger partial charge in [-0.15, -0.1) is 0 Å². The molecule has 1 aliphatic heterocycles. The molecule has 3 heterocycles. The molecule has 3 aromatic rings. The van der Waals surface area contributed by atoms with Crippen molar-refractivity contribution in [2.75, 3.05) is 11.9 Å². The number of benzene rings is 1. The van der Waals surface area contributed by atoms with Crippen LogP contribution >= 0.6 is 0 Å². The van der Waals surface area contributed by atoms with Crippen LogP contribution in [-0.2, 0) is 0 Å². The van der Waals surface area contributed by atoms with E-state index in [4.69, 9.17) is 0 Å². The second-order valence-electron chi connectivity index (χ2n) is 7.62. The fourth-order valence-corrected chi connectivity index (χ4v) is 4.09. The first-order valence-corrected chi connectivity index (χ1v) is 10.2. The molecule has 150 valence electrons. The summed E-state index contributed by atoms with van der Waals surface area (Å²) >= 11 is 0. The maximum atomic E-state index is 13.3. The molecule has 0 spiro atoms. The molecule has 6 nitrogen and oxygen atoms in total. The summed E-state index contributed by atoms with van der Waals surface area (Å²) in [6, 6.07) is 13.4. The number of rotatable bonds is 4. The molecule has 0 aliphatic carbocycles. The van der Waals surface area contributed by atoms with Gasteiger partial charge in [-0.2, -0.15) is 0 Å². The van der Waals surface area contributed by atoms with E-state index in [-0.39, 0.29) is 23.6 Å². The summed E-state index contributed by atoms with van der Waals surface area (Å²) in [4.78, 5) is 32.7. The van der Waals surface area contributed by atoms with E-state index >= 15 is 0 Å². The predicted octanol–water partition coefficient (Wildman–Crippen LogP) is 4.30. The molecule has 1 aliphatic rings. The van der Waals surface area contributed by atoms with Gasteiger partial charge in [-0.3, -0.25) is 14.0 Å². The molecular weight excluding hydrogens is 364 g/mol. The molecule has 1 atom stereocenters. The van der Waals surface area contributed by atoms with Crippen molar-refractivity contribution in [2.45, 2.75) is 45.6 Å². The van der Waals surface area contributed by atoms with E-state index in [9.17, 15) is 9.59 Å². The van der Waals surface area contributed by atoms with Gasteiger partial charge in [0, 0.05) is 24.5 Å². The number of anilines is 1. The summed E-state index contributed by atoms with van der Waals surface area (Å²) in [5.41, 5.74) is 2.66. The Kier molecular flexibility index (Phi) is 5.34. The van der Waals surface area contributed by atoms with Crippen molar-refractivity contribution in [1.82, 2.24) is 14.3 Å². The molecule has 0 saturated carbocycles. The van der Waals surface area contributed by atoms with Crippen molar-refractivity contribution < 1.29 is 9.59 Å². The number of fused-ring (bicyclic) bond motifs is 1. The molecule has 1 fully saturated rings. The number of nitrogens with zero attached hydrogens (tertiary/aromatic N) is 3. The molecule has 29 heavy (non-hydrogen) atoms. The summed E-state index contributed by atoms with van der Waals surface area (Å²) in [6.07, 6.45) is 5.90. The number of carbonyl (C=O) groups is 2. The van der Waals surface area contributed by atoms with Gasteiger partial charge in [0.2, 0.25) is 5.82 Å². The molecule has 1 unspecified atom stereocenters. The van der Waals surface area contributed by atoms with E-state index < -0.39 is 0 Å². The van der Waals surface area contributed by atoms with Gasteiger partial charge >= 0.3 is 0 Å². The second-order valence-corrected chi connectivity index (χ2v) is 7.62. The Morgan fingerprint density at radius 1 is 1.17 bits per heavy atom. The van der Waals surface area contributed by atoms with E-state index in [1.807, 2.05) is 54.3 Å². The van der Waals surface area contributed by atoms with E-state index in [0.29, 0.717) is 17.0 Å². The van der Waals surface area contributed by atoms with Crippen molar-refractivity contribution in [2.24, 2.45) is 0 Å². The zero-order valence-electron chi connectivity index (χ0n) is 16.9. The molecular formula is C23H26N4O2. The zero-order chi connectivity index (χ0) is 20.4. The monoisotopic (exact) mass is 390 g/mol. The summed E-state index contributed by atoms with van der Waals surface area (Å²) in [5.74, 6) is -0.119. The van der Waals surface area contributed by atoms with Crippen molar-refractivity contribution >= 4 is 23.0 Å². The highest BCUT2D eigenvalue weighted by Crippen LogP contribution is 2.23. The van der Waals surface area contributed by atoms with E-state index in [1.165, 1.54) is 0 Å². The Morgan fingerprint density at radius 3 is 2.83 bits per heavy atom. The minimum atomic E-state index is -0.316. The van der Waals surface area contributed by atoms with Crippen LogP contribution in [0.1, 0.15) is 59.3 Å². The van der Waals surface area contributed by atoms with Crippen LogP contribution in [0.2, 0.25) is 0 Å². The highest BCUT2D eigenvalue weighted by atomic mass is 16.2. The highest BCUT2D eigenvalue weighted by molar-refractivity contribution is 6.09. The smallest absolute Gasteiger partial charge is 0.290 e. The third-order valence-corrected chi connectivity index (χ3v) is 5.59. The molecule has 1 aromatic carbocycles. The van der Waals surface area contributed by atoms with Gasteiger partial charge in [-0.1, -0.05) is 25.1 Å². The molecule has 4 rings (SSSR count). The predicted molar refractivity (Wildman–Crippen MR) is 113 cm³/mol. The first-order valence-electron chi connectivity index (χ1n) is 10.2. The Hall–Kier alpha value is -3.15. The Bertz CT molecular complexity index is 1060. The van der Waals surface area contributed by atoms with Gasteiger partial charge in [-0.05, 0) is 62.4 Å². The van der Waals surface area contributed by atoms with Gasteiger partial charge in [0.15, 0.2) is 5.69 Å². The number of imidazole rings is 1. The van der Waals surface area contributed by atoms with Gasteiger partial charge in [-0.25, -0.2) is 4.98 Å². The third kappa shape index (κ3) is 3.75. The Labute approximate surface area is 170 Å². The molecule has 1 N–H and O–H groups in total. The molecule has 1 saturated heterocycles. The number of aryl methyl sites for hydroxylation is 1. The first-order chi connectivity index (χ1) is 14.1. The maximum Gasteiger partial charge on any atom is 0.290 e. The number of likely N-dealkylation sites (tertiary alicyclic amines) is 1. The minimum Gasteiger partial charge on any atom is -0.333 e. The number of carbonyl (C=O) groups excluding carboxylic acids is 2. The zero-order valence-corrected chi connectivity index (χ0v) is 16.9. The number of hydrogen-bond donors (Lipinski definition) is 1. The molecule has 0 radical (unpaired) electrons. The average Bonchev–Trinajstić information content (AvgIpc) is 3.13. The minimum absolute atomic E-state index is 0.104. The van der Waals surface area contributed by atoms with Crippen LogP contribution in [0.4, 0.5) is 5.69 Å². The number of pyridine rings is 1. The van der Waals surface area contributed by atoms with Crippen molar-refractivity contribution in [3.05, 3.63) is 65.7 Å². The molecule has 2 aromatic heterocycles. The first kappa shape index (κ1) is 19.2. The SMILES string of the molecule is CCC1CCCCN1C(=O)c1nc(C(=O)Nc2cccc(C)c2)c2ccccn12. The topological polar surface area (TPSA) is 66.7 Å². The summed E-state index contributed by atoms with van der Waals surface area (Å²) in [7, 11) is 0. The second kappa shape index (κ2) is 8.07. The van der Waals surface area contributed by atoms with Gasteiger partial charge in [0.25, 0.3) is 11.8 Å². The van der Waals surface area contributed by atoms with Crippen LogP contribution in [0.25, 0.3) is 5.52 Å². The molecule has 6 heteroatoms. The fourth-order valence-electron chi connectivity index (χ4n) is 4.09. The van der Waals surface area contributed by atoms with Gasteiger partial charge in [0.1, 0.15) is 0 Å². The maximum absolute atomic E-state index is 13.3. The van der Waals surface area contributed by atoms with Crippen LogP contribution in [0, 0.1) is 6.92 Å². The number of piperidine rings is 1. The van der Waals surface area contributed by atoms with Crippen molar-refractivity contribution in [3.63, 3.8) is 0 Å². The number of amides is 2. The Balaban J connectivity index is 1.69. The van der Waals surface area contributed by atoms with E-state index in [1.54, 1.807) is 10.6 Å². The largest absolute Gasteiger partial charge is 0.333 e. The van der Waals surface area contributed by atoms with Crippen LogP contribution < -0.4 is 5.32 Å². The lowest BCUT2D eigenvalue weighted by atomic mass is 10.00. The number of aromatic nitrogens is 2. The summed E-state index contributed by atoms with van der Waals surface area (Å²) in [5, 5.41) is 2.90. The third-order valence-electron chi connectivity index (χ3n) is 5.59. The lowest BCUT2D eigenvalue weighted by Gasteiger charge is -2.34. The normalized spacial score (nSPS) is 16.8. The van der Waals surface area contributed by atoms with E-state index in [0.717, 1.165) is 37.8 Å². The van der Waals surface area contributed by atoms with Crippen LogP contribution in [0.3, 0.4) is 0 Å². The highest BCUT2D eigenvalue weighted by Gasteiger charge is 2.30. The van der Waals surface area contributed by atoms with E-state index in [2.05, 4.69) is 17.2 Å². The standard InChI is InChI=1S/C23H26N4O2/c1-3-18-11-4-6-13-26(18)23(29)21-25-20(19-12-5-7-14-27(19)21)22(28)24-17-10-8-9-16(2)15-17/h5,7-10,12,14-15,18H,3-4,6,11,13H2,1-2H3,(H,24,28). The van der Waals surface area contributed by atoms with Crippen molar-refractivity contribution in [1.29, 1.82) is 0 Å². The van der Waals surface area contributed by atoms with Crippen molar-refractivity contribution in [3.8, 4) is 0 Å². The number of hydrogen-bond acceptors (Lipinski definition) is 3. The van der Waals surface area contributed by atoms with Gasteiger partial charge in [0.05, 0.1) is 5.52 Å². The van der Waals surface area contributed by atoms with Crippen LogP contribution in [0.15, 0.2) is 48.7 Å². The molecule has 0 bridgehead atoms. The summed E-state index contributed by atoms with van der Waals surface area (Å²) < 4.78 is 1.73. The number of nitrogens with one attached hydrogen (secondary N) is 1. The van der Waals surface area contributed by atoms with Gasteiger partial charge < -0.3 is 10.2 Å². The fraction of sp³-hybridized carbons (Fsp3) is 0.348. The Morgan fingerprint density at radius 2 is 2.03 bits per heavy atom. The average molecular weight is 390 g/mol.